The van der Waals surface area contributed by atoms with Crippen LogP contribution in [0.4, 0.5) is 0 Å². The highest BCUT2D eigenvalue weighted by molar-refractivity contribution is 9.10. The van der Waals surface area contributed by atoms with Gasteiger partial charge in [0.2, 0.25) is 0 Å². The van der Waals surface area contributed by atoms with Crippen molar-refractivity contribution in [2.45, 2.75) is 19.6 Å². The Morgan fingerprint density at radius 3 is 2.70 bits per heavy atom. The van der Waals surface area contributed by atoms with Gasteiger partial charge in [-0.25, -0.2) is 4.68 Å². The topological polar surface area (TPSA) is 64.4 Å². The van der Waals surface area contributed by atoms with Gasteiger partial charge in [0.15, 0.2) is 0 Å². The van der Waals surface area contributed by atoms with Gasteiger partial charge in [-0.15, -0.1) is 0 Å². The lowest BCUT2D eigenvalue weighted by atomic mass is 10.3. The highest BCUT2D eigenvalue weighted by Gasteiger charge is 2.08. The summed E-state index contributed by atoms with van der Waals surface area (Å²) in [6.07, 6.45) is -0.800. The molecule has 0 radical (unpaired) electrons. The number of halogens is 1. The average Bonchev–Trinajstić information content (AvgIpc) is 2.42. The van der Waals surface area contributed by atoms with Gasteiger partial charge in [-0.1, -0.05) is 15.9 Å². The van der Waals surface area contributed by atoms with Crippen LogP contribution in [-0.2, 0) is 6.54 Å². The lowest BCUT2D eigenvalue weighted by Gasteiger charge is -2.13. The van der Waals surface area contributed by atoms with Crippen molar-refractivity contribution >= 4 is 15.9 Å². The molecule has 1 N–H and O–H groups in total. The van der Waals surface area contributed by atoms with Gasteiger partial charge in [-0.3, -0.25) is 4.79 Å². The number of aliphatic hydroxyl groups excluding tert-OH is 1. The normalized spacial score (nSPS) is 12.2. The van der Waals surface area contributed by atoms with Crippen molar-refractivity contribution in [3.05, 3.63) is 56.9 Å². The van der Waals surface area contributed by atoms with E-state index in [0.29, 0.717) is 5.75 Å². The molecule has 5 nitrogen and oxygen atoms in total. The van der Waals surface area contributed by atoms with E-state index < -0.39 is 6.10 Å². The summed E-state index contributed by atoms with van der Waals surface area (Å²) in [5.41, 5.74) is 0.490. The number of hydrogen-bond donors (Lipinski definition) is 1. The number of aryl methyl sites for hydroxylation is 1. The molecule has 1 unspecified atom stereocenters. The summed E-state index contributed by atoms with van der Waals surface area (Å²) in [5.74, 6) is 0.664. The van der Waals surface area contributed by atoms with E-state index in [1.54, 1.807) is 25.1 Å². The quantitative estimate of drug-likeness (QED) is 0.902. The first kappa shape index (κ1) is 14.7. The molecule has 1 heterocycles. The predicted molar refractivity (Wildman–Crippen MR) is 78.9 cm³/mol. The van der Waals surface area contributed by atoms with Crippen molar-refractivity contribution < 1.29 is 9.84 Å². The molecule has 0 saturated heterocycles. The second-order valence-electron chi connectivity index (χ2n) is 4.41. The Balaban J connectivity index is 1.92. The molecule has 0 bridgehead atoms. The first-order chi connectivity index (χ1) is 9.54. The molecule has 106 valence electrons. The summed E-state index contributed by atoms with van der Waals surface area (Å²) in [7, 11) is 0. The Bertz CT molecular complexity index is 625. The first-order valence-corrected chi connectivity index (χ1v) is 6.95. The lowest BCUT2D eigenvalue weighted by Crippen LogP contribution is -2.31. The minimum atomic E-state index is -0.800. The molecule has 6 heteroatoms. The van der Waals surface area contributed by atoms with Crippen molar-refractivity contribution in [2.75, 3.05) is 6.61 Å². The fourth-order valence-electron chi connectivity index (χ4n) is 1.66. The summed E-state index contributed by atoms with van der Waals surface area (Å²) in [6, 6.07) is 10.4. The Kier molecular flexibility index (Phi) is 4.92. The van der Waals surface area contributed by atoms with Crippen LogP contribution in [0, 0.1) is 6.92 Å². The molecule has 2 aromatic rings. The van der Waals surface area contributed by atoms with Gasteiger partial charge < -0.3 is 9.84 Å². The minimum Gasteiger partial charge on any atom is -0.491 e. The summed E-state index contributed by atoms with van der Waals surface area (Å²) in [4.78, 5) is 11.6. The van der Waals surface area contributed by atoms with Crippen LogP contribution in [0.5, 0.6) is 5.75 Å². The third kappa shape index (κ3) is 4.18. The standard InChI is InChI=1S/C14H15BrN2O3/c1-10-2-7-14(19)17(16-10)8-12(18)9-20-13-5-3-11(15)4-6-13/h2-7,12,18H,8-9H2,1H3. The van der Waals surface area contributed by atoms with E-state index in [2.05, 4.69) is 21.0 Å². The van der Waals surface area contributed by atoms with Crippen molar-refractivity contribution in [3.8, 4) is 5.75 Å². The van der Waals surface area contributed by atoms with Crippen LogP contribution < -0.4 is 10.3 Å². The molecule has 1 atom stereocenters. The molecule has 1 aromatic heterocycles. The van der Waals surface area contributed by atoms with Crippen LogP contribution in [0.2, 0.25) is 0 Å². The number of aliphatic hydroxyl groups is 1. The molecule has 20 heavy (non-hydrogen) atoms. The second kappa shape index (κ2) is 6.67. The summed E-state index contributed by atoms with van der Waals surface area (Å²) >= 11 is 3.33. The predicted octanol–water partition coefficient (Wildman–Crippen LogP) is 1.75. The van der Waals surface area contributed by atoms with Gasteiger partial charge in [0.1, 0.15) is 18.5 Å². The van der Waals surface area contributed by atoms with E-state index in [4.69, 9.17) is 4.74 Å². The monoisotopic (exact) mass is 338 g/mol. The summed E-state index contributed by atoms with van der Waals surface area (Å²) < 4.78 is 7.65. The van der Waals surface area contributed by atoms with Gasteiger partial charge in [0.05, 0.1) is 12.2 Å². The van der Waals surface area contributed by atoms with E-state index >= 15 is 0 Å². The van der Waals surface area contributed by atoms with E-state index in [1.165, 1.54) is 10.7 Å². The van der Waals surface area contributed by atoms with Gasteiger partial charge in [-0.05, 0) is 37.3 Å². The number of ether oxygens (including phenoxy) is 1. The van der Waals surface area contributed by atoms with Crippen LogP contribution in [0.15, 0.2) is 45.7 Å². The van der Waals surface area contributed by atoms with Gasteiger partial charge in [0.25, 0.3) is 5.56 Å². The maximum atomic E-state index is 11.6. The van der Waals surface area contributed by atoms with Gasteiger partial charge in [0, 0.05) is 10.5 Å². The zero-order chi connectivity index (χ0) is 14.5. The molecule has 0 aliphatic heterocycles. The van der Waals surface area contributed by atoms with E-state index in [1.807, 2.05) is 12.1 Å². The molecule has 0 fully saturated rings. The highest BCUT2D eigenvalue weighted by atomic mass is 79.9. The Morgan fingerprint density at radius 1 is 1.30 bits per heavy atom. The summed E-state index contributed by atoms with van der Waals surface area (Å²) in [6.45, 7) is 2.00. The summed E-state index contributed by atoms with van der Waals surface area (Å²) in [5, 5.41) is 14.0. The largest absolute Gasteiger partial charge is 0.491 e. The van der Waals surface area contributed by atoms with Crippen molar-refractivity contribution in [3.63, 3.8) is 0 Å². The maximum Gasteiger partial charge on any atom is 0.266 e. The second-order valence-corrected chi connectivity index (χ2v) is 5.33. The number of hydrogen-bond acceptors (Lipinski definition) is 4. The van der Waals surface area contributed by atoms with Crippen molar-refractivity contribution in [1.29, 1.82) is 0 Å². The van der Waals surface area contributed by atoms with E-state index in [9.17, 15) is 9.90 Å². The number of aromatic nitrogens is 2. The highest BCUT2D eigenvalue weighted by Crippen LogP contribution is 2.16. The average molecular weight is 339 g/mol. The molecule has 1 aromatic carbocycles. The van der Waals surface area contributed by atoms with Crippen LogP contribution in [-0.4, -0.2) is 27.6 Å². The smallest absolute Gasteiger partial charge is 0.266 e. The number of nitrogens with zero attached hydrogens (tertiary/aromatic N) is 2. The van der Waals surface area contributed by atoms with E-state index in [0.717, 1.165) is 10.2 Å². The van der Waals surface area contributed by atoms with Crippen molar-refractivity contribution in [2.24, 2.45) is 0 Å². The van der Waals surface area contributed by atoms with Gasteiger partial charge >= 0.3 is 0 Å². The molecular weight excluding hydrogens is 324 g/mol. The Labute approximate surface area is 125 Å². The molecule has 0 aliphatic carbocycles. The van der Waals surface area contributed by atoms with Crippen LogP contribution in [0.25, 0.3) is 0 Å². The fourth-order valence-corrected chi connectivity index (χ4v) is 1.92. The van der Waals surface area contributed by atoms with Crippen LogP contribution in [0.3, 0.4) is 0 Å². The molecule has 0 saturated carbocycles. The minimum absolute atomic E-state index is 0.101. The SMILES string of the molecule is Cc1ccc(=O)n(CC(O)COc2ccc(Br)cc2)n1. The molecule has 0 aliphatic rings. The zero-order valence-corrected chi connectivity index (χ0v) is 12.6. The zero-order valence-electron chi connectivity index (χ0n) is 11.0. The molecule has 0 spiro atoms. The molecular formula is C14H15BrN2O3. The first-order valence-electron chi connectivity index (χ1n) is 6.16. The third-order valence-corrected chi connectivity index (χ3v) is 3.17. The Hall–Kier alpha value is -1.66. The van der Waals surface area contributed by atoms with Crippen LogP contribution in [0.1, 0.15) is 5.69 Å². The fraction of sp³-hybridized carbons (Fsp3) is 0.286. The van der Waals surface area contributed by atoms with Crippen molar-refractivity contribution in [1.82, 2.24) is 9.78 Å². The number of benzene rings is 1. The van der Waals surface area contributed by atoms with E-state index in [-0.39, 0.29) is 18.7 Å². The molecule has 0 amide bonds. The molecule has 2 rings (SSSR count). The third-order valence-electron chi connectivity index (χ3n) is 2.64. The van der Waals surface area contributed by atoms with Crippen LogP contribution >= 0.6 is 15.9 Å². The lowest BCUT2D eigenvalue weighted by molar-refractivity contribution is 0.0878. The Morgan fingerprint density at radius 2 is 2.00 bits per heavy atom. The number of rotatable bonds is 5. The maximum absolute atomic E-state index is 11.6. The van der Waals surface area contributed by atoms with Gasteiger partial charge in [-0.2, -0.15) is 5.10 Å².